The number of nitrogens with one attached hydrogen (secondary N) is 2. The van der Waals surface area contributed by atoms with Crippen LogP contribution in [0.1, 0.15) is 40.7 Å². The smallest absolute Gasteiger partial charge is 0.224 e. The fraction of sp³-hybridized carbons (Fsp3) is 0.281. The van der Waals surface area contributed by atoms with Crippen molar-refractivity contribution in [3.63, 3.8) is 0 Å². The molecule has 0 fully saturated rings. The van der Waals surface area contributed by atoms with E-state index in [0.717, 1.165) is 74.0 Å². The van der Waals surface area contributed by atoms with Gasteiger partial charge in [0.1, 0.15) is 29.8 Å². The van der Waals surface area contributed by atoms with Crippen molar-refractivity contribution in [1.82, 2.24) is 19.9 Å². The van der Waals surface area contributed by atoms with Crippen LogP contribution in [0.5, 0.6) is 5.75 Å². The summed E-state index contributed by atoms with van der Waals surface area (Å²) in [6, 6.07) is 17.4. The van der Waals surface area contributed by atoms with Gasteiger partial charge in [-0.25, -0.2) is 14.4 Å². The van der Waals surface area contributed by atoms with Crippen LogP contribution in [-0.2, 0) is 13.0 Å². The molecule has 3 heterocycles. The molecule has 204 valence electrons. The molecule has 0 bridgehead atoms. The van der Waals surface area contributed by atoms with Crippen LogP contribution >= 0.6 is 0 Å². The van der Waals surface area contributed by atoms with E-state index in [4.69, 9.17) is 14.7 Å². The molecule has 5 aromatic rings. The van der Waals surface area contributed by atoms with Crippen LogP contribution in [-0.4, -0.2) is 39.6 Å². The number of aryl methyl sites for hydroxylation is 3. The highest BCUT2D eigenvalue weighted by Crippen LogP contribution is 2.36. The summed E-state index contributed by atoms with van der Waals surface area (Å²) in [6.07, 6.45) is 0.611. The molecular formula is C32H33FN6O. The number of ether oxygens (including phenoxy) is 1. The van der Waals surface area contributed by atoms with E-state index in [0.29, 0.717) is 32.1 Å². The first-order chi connectivity index (χ1) is 19.4. The molecule has 2 aromatic heterocycles. The summed E-state index contributed by atoms with van der Waals surface area (Å²) in [5, 5.41) is 3.28. The molecule has 0 unspecified atom stereocenters. The summed E-state index contributed by atoms with van der Waals surface area (Å²) in [6.45, 7) is 10.7. The molecule has 7 nitrogen and oxygen atoms in total. The Morgan fingerprint density at radius 1 is 0.975 bits per heavy atom. The van der Waals surface area contributed by atoms with Crippen LogP contribution in [0.2, 0.25) is 0 Å². The van der Waals surface area contributed by atoms with Crippen LogP contribution in [0.15, 0.2) is 54.6 Å². The Morgan fingerprint density at radius 3 is 2.60 bits per heavy atom. The zero-order valence-corrected chi connectivity index (χ0v) is 23.3. The summed E-state index contributed by atoms with van der Waals surface area (Å²) in [7, 11) is 0. The van der Waals surface area contributed by atoms with Crippen LogP contribution < -0.4 is 15.0 Å². The lowest BCUT2D eigenvalue weighted by Gasteiger charge is -2.25. The number of anilines is 2. The molecule has 3 aromatic carbocycles. The number of halogens is 1. The molecule has 6 rings (SSSR count). The van der Waals surface area contributed by atoms with E-state index >= 15 is 0 Å². The van der Waals surface area contributed by atoms with Crippen LogP contribution in [0, 0.1) is 26.6 Å². The quantitative estimate of drug-likeness (QED) is 0.258. The van der Waals surface area contributed by atoms with Gasteiger partial charge in [0.25, 0.3) is 0 Å². The molecule has 8 heteroatoms. The van der Waals surface area contributed by atoms with Crippen molar-refractivity contribution in [2.45, 2.75) is 40.7 Å². The summed E-state index contributed by atoms with van der Waals surface area (Å²) < 4.78 is 19.9. The number of nitrogens with zero attached hydrogens (tertiary/aromatic N) is 4. The van der Waals surface area contributed by atoms with E-state index in [1.165, 1.54) is 12.1 Å². The lowest BCUT2D eigenvalue weighted by atomic mass is 9.98. The van der Waals surface area contributed by atoms with E-state index in [2.05, 4.69) is 57.4 Å². The van der Waals surface area contributed by atoms with Gasteiger partial charge < -0.3 is 19.9 Å². The molecule has 2 N–H and O–H groups in total. The van der Waals surface area contributed by atoms with Gasteiger partial charge in [0.15, 0.2) is 0 Å². The zero-order valence-electron chi connectivity index (χ0n) is 23.3. The molecule has 40 heavy (non-hydrogen) atoms. The van der Waals surface area contributed by atoms with Gasteiger partial charge in [-0.15, -0.1) is 0 Å². The van der Waals surface area contributed by atoms with Crippen molar-refractivity contribution in [2.75, 3.05) is 29.9 Å². The highest BCUT2D eigenvalue weighted by molar-refractivity contribution is 5.82. The predicted octanol–water partition coefficient (Wildman–Crippen LogP) is 6.51. The monoisotopic (exact) mass is 536 g/mol. The second-order valence-electron chi connectivity index (χ2n) is 10.4. The third kappa shape index (κ3) is 5.09. The van der Waals surface area contributed by atoms with Crippen molar-refractivity contribution in [3.8, 4) is 16.9 Å². The standard InChI is InChI=1S/C32H33FN6O/c1-5-34-32-35-20(3)27(15-22-6-9-26(33)10-7-22)31(38-32)39-12-13-40-30-19(2)14-24(16-25(30)18-39)23-8-11-28-29(17-23)37-21(4)36-28/h6-11,14,16-17H,5,12-13,15,18H2,1-4H3,(H,36,37)(H,34,35,38). The number of hydrogen-bond donors (Lipinski definition) is 2. The number of H-pyrrole nitrogens is 1. The van der Waals surface area contributed by atoms with Gasteiger partial charge in [-0.1, -0.05) is 18.2 Å². The molecule has 0 aliphatic carbocycles. The van der Waals surface area contributed by atoms with Gasteiger partial charge in [-0.3, -0.25) is 0 Å². The number of benzene rings is 3. The van der Waals surface area contributed by atoms with E-state index in [-0.39, 0.29) is 5.82 Å². The van der Waals surface area contributed by atoms with Gasteiger partial charge in [-0.2, -0.15) is 4.98 Å². The molecule has 0 radical (unpaired) electrons. The van der Waals surface area contributed by atoms with Gasteiger partial charge in [-0.05, 0) is 86.3 Å². The number of aromatic nitrogens is 4. The summed E-state index contributed by atoms with van der Waals surface area (Å²) >= 11 is 0. The number of rotatable bonds is 6. The van der Waals surface area contributed by atoms with Gasteiger partial charge in [0.2, 0.25) is 5.95 Å². The van der Waals surface area contributed by atoms with Crippen molar-refractivity contribution >= 4 is 22.8 Å². The van der Waals surface area contributed by atoms with Gasteiger partial charge in [0, 0.05) is 36.3 Å². The van der Waals surface area contributed by atoms with Crippen molar-refractivity contribution in [2.24, 2.45) is 0 Å². The van der Waals surface area contributed by atoms with Crippen molar-refractivity contribution in [3.05, 3.63) is 94.2 Å². The average Bonchev–Trinajstić information content (AvgIpc) is 3.16. The van der Waals surface area contributed by atoms with E-state index < -0.39 is 0 Å². The summed E-state index contributed by atoms with van der Waals surface area (Å²) in [5.74, 6) is 3.08. The predicted molar refractivity (Wildman–Crippen MR) is 158 cm³/mol. The lowest BCUT2D eigenvalue weighted by Crippen LogP contribution is -2.28. The van der Waals surface area contributed by atoms with E-state index in [1.54, 1.807) is 0 Å². The molecule has 0 saturated carbocycles. The summed E-state index contributed by atoms with van der Waals surface area (Å²) in [4.78, 5) is 19.9. The number of fused-ring (bicyclic) bond motifs is 2. The Hall–Kier alpha value is -4.46. The second kappa shape index (κ2) is 10.6. The number of imidazole rings is 1. The first-order valence-corrected chi connectivity index (χ1v) is 13.7. The fourth-order valence-corrected chi connectivity index (χ4v) is 5.47. The van der Waals surface area contributed by atoms with Crippen molar-refractivity contribution in [1.29, 1.82) is 0 Å². The topological polar surface area (TPSA) is 79.0 Å². The maximum Gasteiger partial charge on any atom is 0.224 e. The number of hydrogen-bond acceptors (Lipinski definition) is 6. The normalized spacial score (nSPS) is 13.2. The highest BCUT2D eigenvalue weighted by Gasteiger charge is 2.24. The van der Waals surface area contributed by atoms with Gasteiger partial charge >= 0.3 is 0 Å². The first kappa shape index (κ1) is 25.8. The average molecular weight is 537 g/mol. The largest absolute Gasteiger partial charge is 0.491 e. The van der Waals surface area contributed by atoms with Crippen LogP contribution in [0.4, 0.5) is 16.2 Å². The fourth-order valence-electron chi connectivity index (χ4n) is 5.47. The molecular weight excluding hydrogens is 503 g/mol. The lowest BCUT2D eigenvalue weighted by molar-refractivity contribution is 0.329. The molecule has 0 saturated heterocycles. The summed E-state index contributed by atoms with van der Waals surface area (Å²) in [5.41, 5.74) is 9.40. The third-order valence-electron chi connectivity index (χ3n) is 7.38. The Kier molecular flexibility index (Phi) is 6.84. The van der Waals surface area contributed by atoms with Crippen molar-refractivity contribution < 1.29 is 9.13 Å². The minimum absolute atomic E-state index is 0.242. The maximum absolute atomic E-state index is 13.6. The van der Waals surface area contributed by atoms with E-state index in [9.17, 15) is 4.39 Å². The minimum atomic E-state index is -0.242. The molecule has 0 amide bonds. The Bertz CT molecular complexity index is 1690. The second-order valence-corrected chi connectivity index (χ2v) is 10.4. The van der Waals surface area contributed by atoms with E-state index in [1.807, 2.05) is 32.9 Å². The van der Waals surface area contributed by atoms with Crippen LogP contribution in [0.25, 0.3) is 22.2 Å². The number of aromatic amines is 1. The molecule has 0 atom stereocenters. The molecule has 0 spiro atoms. The third-order valence-corrected chi connectivity index (χ3v) is 7.38. The zero-order chi connectivity index (χ0) is 27.8. The SMILES string of the molecule is CCNc1nc(C)c(Cc2ccc(F)cc2)c(N2CCOc3c(C)cc(-c4ccc5[nH]c(C)nc5c4)cc3C2)n1. The van der Waals surface area contributed by atoms with Gasteiger partial charge in [0.05, 0.1) is 17.6 Å². The Morgan fingerprint density at radius 2 is 1.80 bits per heavy atom. The molecule has 1 aliphatic rings. The Labute approximate surface area is 233 Å². The molecule has 1 aliphatic heterocycles. The maximum atomic E-state index is 13.6. The minimum Gasteiger partial charge on any atom is -0.491 e. The first-order valence-electron chi connectivity index (χ1n) is 13.7. The highest BCUT2D eigenvalue weighted by atomic mass is 19.1. The Balaban J connectivity index is 1.40. The van der Waals surface area contributed by atoms with Crippen LogP contribution in [0.3, 0.4) is 0 Å².